The van der Waals surface area contributed by atoms with Crippen LogP contribution in [-0.2, 0) is 10.0 Å². The summed E-state index contributed by atoms with van der Waals surface area (Å²) in [5, 5.41) is 0. The van der Waals surface area contributed by atoms with Crippen molar-refractivity contribution in [3.05, 3.63) is 42.0 Å². The maximum atomic E-state index is 13.4. The lowest BCUT2D eigenvalue weighted by Crippen LogP contribution is -2.49. The van der Waals surface area contributed by atoms with Crippen LogP contribution in [0.3, 0.4) is 0 Å². The van der Waals surface area contributed by atoms with Gasteiger partial charge in [-0.15, -0.1) is 0 Å². The first-order valence-corrected chi connectivity index (χ1v) is 9.75. The highest BCUT2D eigenvalue weighted by Crippen LogP contribution is 2.22. The van der Waals surface area contributed by atoms with E-state index in [1.165, 1.54) is 22.5 Å². The molecule has 9 heteroatoms. The molecule has 1 fully saturated rings. The molecule has 1 aromatic carbocycles. The van der Waals surface area contributed by atoms with Gasteiger partial charge in [-0.05, 0) is 25.1 Å². The van der Waals surface area contributed by atoms with Crippen molar-refractivity contribution < 1.29 is 12.8 Å². The summed E-state index contributed by atoms with van der Waals surface area (Å²) >= 11 is 0. The topological polar surface area (TPSA) is 69.6 Å². The number of halogens is 1. The molecule has 1 aliphatic heterocycles. The molecule has 0 unspecified atom stereocenters. The number of aryl methyl sites for hydroxylation is 1. The van der Waals surface area contributed by atoms with Crippen molar-refractivity contribution in [1.82, 2.24) is 14.3 Å². The normalized spacial score (nSPS) is 15.9. The van der Waals surface area contributed by atoms with Crippen molar-refractivity contribution in [2.24, 2.45) is 0 Å². The van der Waals surface area contributed by atoms with Gasteiger partial charge in [0.2, 0.25) is 10.0 Å². The Labute approximate surface area is 153 Å². The number of hydrogen-bond acceptors (Lipinski definition) is 6. The number of anilines is 2. The minimum atomic E-state index is -3.69. The first-order valence-electron chi connectivity index (χ1n) is 8.31. The first-order chi connectivity index (χ1) is 12.3. The Kier molecular flexibility index (Phi) is 5.10. The average Bonchev–Trinajstić information content (AvgIpc) is 2.61. The zero-order valence-corrected chi connectivity index (χ0v) is 15.9. The Morgan fingerprint density at radius 2 is 1.77 bits per heavy atom. The van der Waals surface area contributed by atoms with Gasteiger partial charge in [0.15, 0.2) is 0 Å². The van der Waals surface area contributed by atoms with E-state index in [0.29, 0.717) is 32.0 Å². The largest absolute Gasteiger partial charge is 0.363 e. The highest BCUT2D eigenvalue weighted by Gasteiger charge is 2.29. The lowest BCUT2D eigenvalue weighted by atomic mass is 10.3. The standard InChI is InChI=1S/C17H22FN5O2S/c1-13-19-16(21(2)3)12-17(20-13)22-7-9-23(10-8-22)26(24,25)15-6-4-5-14(18)11-15/h4-6,11-12H,7-10H2,1-3H3. The smallest absolute Gasteiger partial charge is 0.243 e. The van der Waals surface area contributed by atoms with Gasteiger partial charge in [0, 0.05) is 46.3 Å². The van der Waals surface area contributed by atoms with Crippen LogP contribution in [0.25, 0.3) is 0 Å². The lowest BCUT2D eigenvalue weighted by molar-refractivity contribution is 0.383. The lowest BCUT2D eigenvalue weighted by Gasteiger charge is -2.35. The Balaban J connectivity index is 1.75. The zero-order valence-electron chi connectivity index (χ0n) is 15.1. The summed E-state index contributed by atoms with van der Waals surface area (Å²) in [4.78, 5) is 12.8. The van der Waals surface area contributed by atoms with Crippen molar-refractivity contribution in [3.8, 4) is 0 Å². The molecule has 0 bridgehead atoms. The van der Waals surface area contributed by atoms with Crippen molar-refractivity contribution >= 4 is 21.7 Å². The van der Waals surface area contributed by atoms with Crippen LogP contribution in [0, 0.1) is 12.7 Å². The molecule has 0 radical (unpaired) electrons. The van der Waals surface area contributed by atoms with E-state index in [4.69, 9.17) is 0 Å². The third kappa shape index (κ3) is 3.78. The van der Waals surface area contributed by atoms with Crippen LogP contribution in [-0.4, -0.2) is 63.0 Å². The number of aromatic nitrogens is 2. The minimum absolute atomic E-state index is 0.0151. The van der Waals surface area contributed by atoms with Crippen molar-refractivity contribution in [1.29, 1.82) is 0 Å². The highest BCUT2D eigenvalue weighted by atomic mass is 32.2. The molecular weight excluding hydrogens is 357 g/mol. The second-order valence-electron chi connectivity index (χ2n) is 6.37. The first kappa shape index (κ1) is 18.5. The quantitative estimate of drug-likeness (QED) is 0.802. The van der Waals surface area contributed by atoms with Gasteiger partial charge >= 0.3 is 0 Å². The summed E-state index contributed by atoms with van der Waals surface area (Å²) in [6.45, 7) is 3.50. The van der Waals surface area contributed by atoms with E-state index in [9.17, 15) is 12.8 Å². The van der Waals surface area contributed by atoms with E-state index in [1.54, 1.807) is 0 Å². The number of benzene rings is 1. The fourth-order valence-corrected chi connectivity index (χ4v) is 4.32. The van der Waals surface area contributed by atoms with E-state index in [1.807, 2.05) is 36.9 Å². The van der Waals surface area contributed by atoms with Crippen LogP contribution < -0.4 is 9.80 Å². The summed E-state index contributed by atoms with van der Waals surface area (Å²) in [7, 11) is 0.129. The summed E-state index contributed by atoms with van der Waals surface area (Å²) in [5.74, 6) is 1.70. The van der Waals surface area contributed by atoms with E-state index < -0.39 is 15.8 Å². The molecule has 2 aromatic rings. The zero-order chi connectivity index (χ0) is 18.9. The minimum Gasteiger partial charge on any atom is -0.363 e. The molecule has 2 heterocycles. The molecule has 0 aliphatic carbocycles. The molecule has 0 N–H and O–H groups in total. The van der Waals surface area contributed by atoms with Gasteiger partial charge in [0.05, 0.1) is 4.90 Å². The molecule has 0 saturated carbocycles. The number of piperazine rings is 1. The molecule has 1 aliphatic rings. The molecule has 7 nitrogen and oxygen atoms in total. The van der Waals surface area contributed by atoms with Gasteiger partial charge in [0.1, 0.15) is 23.3 Å². The molecule has 1 aromatic heterocycles. The summed E-state index contributed by atoms with van der Waals surface area (Å²) in [6, 6.07) is 7.01. The van der Waals surface area contributed by atoms with E-state index in [0.717, 1.165) is 17.7 Å². The van der Waals surface area contributed by atoms with Crippen molar-refractivity contribution in [3.63, 3.8) is 0 Å². The Morgan fingerprint density at radius 1 is 1.08 bits per heavy atom. The highest BCUT2D eigenvalue weighted by molar-refractivity contribution is 7.89. The Bertz CT molecular complexity index is 896. The third-order valence-electron chi connectivity index (χ3n) is 4.27. The van der Waals surface area contributed by atoms with Crippen molar-refractivity contribution in [2.75, 3.05) is 50.1 Å². The van der Waals surface area contributed by atoms with Crippen LogP contribution in [0.4, 0.5) is 16.0 Å². The van der Waals surface area contributed by atoms with E-state index in [-0.39, 0.29) is 4.90 Å². The summed E-state index contributed by atoms with van der Waals surface area (Å²) in [6.07, 6.45) is 0. The van der Waals surface area contributed by atoms with Crippen LogP contribution in [0.5, 0.6) is 0 Å². The maximum Gasteiger partial charge on any atom is 0.243 e. The fraction of sp³-hybridized carbons (Fsp3) is 0.412. The van der Waals surface area contributed by atoms with Crippen LogP contribution in [0.15, 0.2) is 35.2 Å². The predicted molar refractivity (Wildman–Crippen MR) is 98.5 cm³/mol. The Hall–Kier alpha value is -2.26. The molecule has 0 spiro atoms. The van der Waals surface area contributed by atoms with Gasteiger partial charge in [0.25, 0.3) is 0 Å². The van der Waals surface area contributed by atoms with E-state index >= 15 is 0 Å². The third-order valence-corrected chi connectivity index (χ3v) is 6.16. The van der Waals surface area contributed by atoms with E-state index in [2.05, 4.69) is 9.97 Å². The van der Waals surface area contributed by atoms with Gasteiger partial charge in [-0.2, -0.15) is 4.31 Å². The van der Waals surface area contributed by atoms with Gasteiger partial charge in [-0.3, -0.25) is 0 Å². The SMILES string of the molecule is Cc1nc(N(C)C)cc(N2CCN(S(=O)(=O)c3cccc(F)c3)CC2)n1. The summed E-state index contributed by atoms with van der Waals surface area (Å²) in [5.41, 5.74) is 0. The average molecular weight is 379 g/mol. The van der Waals surface area contributed by atoms with Crippen LogP contribution in [0.1, 0.15) is 5.82 Å². The number of hydrogen-bond donors (Lipinski definition) is 0. The van der Waals surface area contributed by atoms with Crippen LogP contribution >= 0.6 is 0 Å². The molecule has 140 valence electrons. The molecule has 26 heavy (non-hydrogen) atoms. The molecule has 0 atom stereocenters. The molecule has 0 amide bonds. The number of nitrogens with zero attached hydrogens (tertiary/aromatic N) is 5. The Morgan fingerprint density at radius 3 is 2.38 bits per heavy atom. The maximum absolute atomic E-state index is 13.4. The van der Waals surface area contributed by atoms with Gasteiger partial charge in [-0.25, -0.2) is 22.8 Å². The predicted octanol–water partition coefficient (Wildman–Crippen LogP) is 1.50. The second kappa shape index (κ2) is 7.16. The second-order valence-corrected chi connectivity index (χ2v) is 8.31. The molecule has 1 saturated heterocycles. The van der Waals surface area contributed by atoms with Gasteiger partial charge in [-0.1, -0.05) is 6.07 Å². The van der Waals surface area contributed by atoms with Gasteiger partial charge < -0.3 is 9.80 Å². The monoisotopic (exact) mass is 379 g/mol. The molecular formula is C17H22FN5O2S. The van der Waals surface area contributed by atoms with Crippen molar-refractivity contribution in [2.45, 2.75) is 11.8 Å². The van der Waals surface area contributed by atoms with Crippen LogP contribution in [0.2, 0.25) is 0 Å². The number of rotatable bonds is 4. The number of sulfonamides is 1. The molecule has 3 rings (SSSR count). The fourth-order valence-electron chi connectivity index (χ4n) is 2.86. The summed E-state index contributed by atoms with van der Waals surface area (Å²) < 4.78 is 40.1.